The lowest BCUT2D eigenvalue weighted by molar-refractivity contribution is -0.117. The van der Waals surface area contributed by atoms with Crippen molar-refractivity contribution in [3.8, 4) is 5.75 Å². The Balaban J connectivity index is 1.83. The van der Waals surface area contributed by atoms with Crippen LogP contribution in [0.5, 0.6) is 5.75 Å². The molecule has 3 rings (SSSR count). The second-order valence-electron chi connectivity index (χ2n) is 5.66. The zero-order chi connectivity index (χ0) is 17.1. The quantitative estimate of drug-likeness (QED) is 0.658. The van der Waals surface area contributed by atoms with Crippen LogP contribution in [-0.4, -0.2) is 13.0 Å². The third kappa shape index (κ3) is 3.44. The Hall–Kier alpha value is -2.33. The molecule has 0 aliphatic rings. The largest absolute Gasteiger partial charge is 0.497 e. The molecule has 4 heteroatoms. The molecule has 0 bridgehead atoms. The highest BCUT2D eigenvalue weighted by Gasteiger charge is 2.16. The van der Waals surface area contributed by atoms with Crippen LogP contribution < -0.4 is 10.1 Å². The number of para-hydroxylation sites is 1. The van der Waals surface area contributed by atoms with Crippen molar-refractivity contribution in [3.63, 3.8) is 0 Å². The summed E-state index contributed by atoms with van der Waals surface area (Å²) in [7, 11) is 1.66. The zero-order valence-corrected chi connectivity index (χ0v) is 15.1. The molecule has 0 aromatic heterocycles. The summed E-state index contributed by atoms with van der Waals surface area (Å²) >= 11 is 3.45. The number of ether oxygens (including phenoxy) is 1. The minimum absolute atomic E-state index is 0.0326. The highest BCUT2D eigenvalue weighted by Crippen LogP contribution is 2.27. The first kappa shape index (κ1) is 16.5. The number of hydrogen-bond acceptors (Lipinski definition) is 2. The lowest BCUT2D eigenvalue weighted by Crippen LogP contribution is -2.19. The van der Waals surface area contributed by atoms with Crippen LogP contribution in [0.4, 0.5) is 5.69 Å². The van der Waals surface area contributed by atoms with Crippen LogP contribution in [0, 0.1) is 0 Å². The van der Waals surface area contributed by atoms with Crippen LogP contribution in [0.3, 0.4) is 0 Å². The van der Waals surface area contributed by atoms with Crippen LogP contribution in [0.2, 0.25) is 0 Å². The Bertz CT molecular complexity index is 892. The van der Waals surface area contributed by atoms with Crippen LogP contribution in [-0.2, 0) is 4.79 Å². The molecule has 1 N–H and O–H groups in total. The SMILES string of the molecule is COc1ccc2cc([C@H](C)C(=O)Nc3ccccc3Br)ccc2c1. The fourth-order valence-electron chi connectivity index (χ4n) is 2.59. The van der Waals surface area contributed by atoms with Gasteiger partial charge in [-0.1, -0.05) is 36.4 Å². The highest BCUT2D eigenvalue weighted by atomic mass is 79.9. The van der Waals surface area contributed by atoms with Gasteiger partial charge in [0.2, 0.25) is 5.91 Å². The van der Waals surface area contributed by atoms with Gasteiger partial charge in [0.15, 0.2) is 0 Å². The number of halogens is 1. The van der Waals surface area contributed by atoms with Crippen molar-refractivity contribution in [1.29, 1.82) is 0 Å². The van der Waals surface area contributed by atoms with Gasteiger partial charge in [-0.05, 0) is 63.5 Å². The summed E-state index contributed by atoms with van der Waals surface area (Å²) in [6.07, 6.45) is 0. The number of carbonyl (C=O) groups is 1. The van der Waals surface area contributed by atoms with Gasteiger partial charge in [0.25, 0.3) is 0 Å². The molecule has 0 saturated heterocycles. The predicted molar refractivity (Wildman–Crippen MR) is 102 cm³/mol. The van der Waals surface area contributed by atoms with E-state index in [4.69, 9.17) is 4.74 Å². The van der Waals surface area contributed by atoms with E-state index < -0.39 is 0 Å². The number of fused-ring (bicyclic) bond motifs is 1. The molecule has 3 nitrogen and oxygen atoms in total. The van der Waals surface area contributed by atoms with E-state index in [0.29, 0.717) is 0 Å². The summed E-state index contributed by atoms with van der Waals surface area (Å²) in [6.45, 7) is 1.91. The smallest absolute Gasteiger partial charge is 0.231 e. The molecule has 0 fully saturated rings. The Morgan fingerprint density at radius 1 is 1.04 bits per heavy atom. The van der Waals surface area contributed by atoms with Crippen molar-refractivity contribution in [2.45, 2.75) is 12.8 Å². The van der Waals surface area contributed by atoms with Gasteiger partial charge in [-0.3, -0.25) is 4.79 Å². The summed E-state index contributed by atoms with van der Waals surface area (Å²) < 4.78 is 6.12. The van der Waals surface area contributed by atoms with E-state index in [2.05, 4.69) is 27.3 Å². The minimum Gasteiger partial charge on any atom is -0.497 e. The summed E-state index contributed by atoms with van der Waals surface area (Å²) in [6, 6.07) is 19.6. The maximum atomic E-state index is 12.5. The average Bonchev–Trinajstić information content (AvgIpc) is 2.62. The van der Waals surface area contributed by atoms with Crippen LogP contribution in [0.25, 0.3) is 10.8 Å². The number of carbonyl (C=O) groups excluding carboxylic acids is 1. The van der Waals surface area contributed by atoms with Gasteiger partial charge < -0.3 is 10.1 Å². The molecule has 0 saturated carbocycles. The van der Waals surface area contributed by atoms with Gasteiger partial charge in [-0.15, -0.1) is 0 Å². The molecule has 0 spiro atoms. The second-order valence-corrected chi connectivity index (χ2v) is 6.52. The molecule has 0 aliphatic carbocycles. The highest BCUT2D eigenvalue weighted by molar-refractivity contribution is 9.10. The number of rotatable bonds is 4. The first-order valence-corrected chi connectivity index (χ1v) is 8.51. The third-order valence-electron chi connectivity index (χ3n) is 4.10. The molecule has 3 aromatic rings. The van der Waals surface area contributed by atoms with Gasteiger partial charge in [-0.25, -0.2) is 0 Å². The maximum absolute atomic E-state index is 12.5. The van der Waals surface area contributed by atoms with E-state index in [1.54, 1.807) is 7.11 Å². The molecular weight excluding hydrogens is 366 g/mol. The number of amides is 1. The van der Waals surface area contributed by atoms with E-state index in [1.807, 2.05) is 61.5 Å². The van der Waals surface area contributed by atoms with E-state index in [1.165, 1.54) is 0 Å². The summed E-state index contributed by atoms with van der Waals surface area (Å²) in [5.74, 6) is 0.549. The van der Waals surface area contributed by atoms with Crippen LogP contribution in [0.1, 0.15) is 18.4 Å². The van der Waals surface area contributed by atoms with Gasteiger partial charge in [-0.2, -0.15) is 0 Å². The van der Waals surface area contributed by atoms with Gasteiger partial charge in [0.1, 0.15) is 5.75 Å². The number of benzene rings is 3. The first-order chi connectivity index (χ1) is 11.6. The Kier molecular flexibility index (Phi) is 4.86. The first-order valence-electron chi connectivity index (χ1n) is 7.71. The molecule has 0 radical (unpaired) electrons. The zero-order valence-electron chi connectivity index (χ0n) is 13.5. The number of hydrogen-bond donors (Lipinski definition) is 1. The molecule has 122 valence electrons. The summed E-state index contributed by atoms with van der Waals surface area (Å²) in [4.78, 5) is 12.5. The van der Waals surface area contributed by atoms with E-state index in [0.717, 1.165) is 32.2 Å². The monoisotopic (exact) mass is 383 g/mol. The Morgan fingerprint density at radius 2 is 1.75 bits per heavy atom. The lowest BCUT2D eigenvalue weighted by Gasteiger charge is -2.14. The fraction of sp³-hybridized carbons (Fsp3) is 0.150. The molecule has 0 aliphatic heterocycles. The van der Waals surface area contributed by atoms with Crippen molar-refractivity contribution in [2.75, 3.05) is 12.4 Å². The van der Waals surface area contributed by atoms with Gasteiger partial charge in [0.05, 0.1) is 18.7 Å². The fourth-order valence-corrected chi connectivity index (χ4v) is 2.98. The number of nitrogens with one attached hydrogen (secondary N) is 1. The molecule has 0 unspecified atom stereocenters. The third-order valence-corrected chi connectivity index (χ3v) is 4.79. The average molecular weight is 384 g/mol. The van der Waals surface area contributed by atoms with Crippen molar-refractivity contribution in [1.82, 2.24) is 0 Å². The second kappa shape index (κ2) is 7.05. The molecule has 24 heavy (non-hydrogen) atoms. The maximum Gasteiger partial charge on any atom is 0.231 e. The van der Waals surface area contributed by atoms with E-state index in [-0.39, 0.29) is 11.8 Å². The Morgan fingerprint density at radius 3 is 2.50 bits per heavy atom. The van der Waals surface area contributed by atoms with Crippen LogP contribution in [0.15, 0.2) is 65.1 Å². The van der Waals surface area contributed by atoms with Gasteiger partial charge in [0, 0.05) is 4.47 Å². The van der Waals surface area contributed by atoms with Gasteiger partial charge >= 0.3 is 0 Å². The van der Waals surface area contributed by atoms with E-state index in [9.17, 15) is 4.79 Å². The minimum atomic E-state index is -0.247. The topological polar surface area (TPSA) is 38.3 Å². The molecule has 1 amide bonds. The van der Waals surface area contributed by atoms with E-state index >= 15 is 0 Å². The van der Waals surface area contributed by atoms with Crippen molar-refractivity contribution in [2.24, 2.45) is 0 Å². The summed E-state index contributed by atoms with van der Waals surface area (Å²) in [5.41, 5.74) is 1.76. The molecular formula is C20H18BrNO2. The lowest BCUT2D eigenvalue weighted by atomic mass is 9.97. The molecule has 0 heterocycles. The summed E-state index contributed by atoms with van der Waals surface area (Å²) in [5, 5.41) is 5.15. The Labute approximate surface area is 149 Å². The van der Waals surface area contributed by atoms with Crippen molar-refractivity contribution >= 4 is 38.3 Å². The molecule has 1 atom stereocenters. The normalized spacial score (nSPS) is 12.0. The number of anilines is 1. The number of methoxy groups -OCH3 is 1. The van der Waals surface area contributed by atoms with Crippen LogP contribution >= 0.6 is 15.9 Å². The van der Waals surface area contributed by atoms with Crippen molar-refractivity contribution < 1.29 is 9.53 Å². The molecule has 3 aromatic carbocycles. The standard InChI is InChI=1S/C20H18BrNO2/c1-13(20(23)22-19-6-4-3-5-18(19)21)14-7-8-16-12-17(24-2)10-9-15(16)11-14/h3-13H,1-2H3,(H,22,23)/t13-/m0/s1. The predicted octanol–water partition coefficient (Wildman–Crippen LogP) is 5.35. The van der Waals surface area contributed by atoms with Crippen molar-refractivity contribution in [3.05, 3.63) is 70.7 Å².